The molecule has 0 bridgehead atoms. The number of nitrogens with one attached hydrogen (secondary N) is 2. The summed E-state index contributed by atoms with van der Waals surface area (Å²) < 4.78 is 10.4. The average molecular weight is 474 g/mol. The smallest absolute Gasteiger partial charge is 0.325 e. The minimum Gasteiger partial charge on any atom is -0.495 e. The Hall–Kier alpha value is -3.26. The number of carbonyl (C=O) groups excluding carboxylic acids is 3. The molecule has 2 aromatic carbocycles. The molecule has 0 aromatic heterocycles. The second-order valence-electron chi connectivity index (χ2n) is 9.01. The number of halogens is 1. The third kappa shape index (κ3) is 4.75. The molecule has 0 saturated carbocycles. The lowest BCUT2D eigenvalue weighted by Gasteiger charge is -2.24. The van der Waals surface area contributed by atoms with Gasteiger partial charge in [-0.05, 0) is 29.5 Å². The van der Waals surface area contributed by atoms with Crippen LogP contribution in [-0.2, 0) is 20.5 Å². The van der Waals surface area contributed by atoms with E-state index in [2.05, 4.69) is 31.4 Å². The van der Waals surface area contributed by atoms with Crippen LogP contribution in [0.5, 0.6) is 11.5 Å². The molecule has 1 saturated heterocycles. The van der Waals surface area contributed by atoms with Crippen molar-refractivity contribution in [1.29, 1.82) is 0 Å². The third-order valence-electron chi connectivity index (χ3n) is 5.65. The first-order chi connectivity index (χ1) is 15.4. The predicted octanol–water partition coefficient (Wildman–Crippen LogP) is 4.06. The highest BCUT2D eigenvalue weighted by atomic mass is 35.5. The van der Waals surface area contributed by atoms with E-state index in [9.17, 15) is 14.4 Å². The maximum Gasteiger partial charge on any atom is 0.325 e. The van der Waals surface area contributed by atoms with Crippen molar-refractivity contribution in [2.45, 2.75) is 38.6 Å². The van der Waals surface area contributed by atoms with E-state index in [1.165, 1.54) is 26.4 Å². The number of imide groups is 1. The van der Waals surface area contributed by atoms with Gasteiger partial charge in [0.15, 0.2) is 0 Å². The number of hydrogen-bond donors (Lipinski definition) is 2. The fourth-order valence-electron chi connectivity index (χ4n) is 3.63. The molecule has 1 unspecified atom stereocenters. The maximum absolute atomic E-state index is 13.2. The maximum atomic E-state index is 13.2. The van der Waals surface area contributed by atoms with Gasteiger partial charge in [-0.1, -0.05) is 56.6 Å². The number of urea groups is 1. The van der Waals surface area contributed by atoms with Crippen LogP contribution in [-0.4, -0.2) is 43.5 Å². The molecular weight excluding hydrogens is 446 g/mol. The topological polar surface area (TPSA) is 97.0 Å². The van der Waals surface area contributed by atoms with Gasteiger partial charge in [0.05, 0.1) is 24.9 Å². The standard InChI is InChI=1S/C24H28ClN3O5/c1-23(2,3)14-7-9-15(10-8-14)24(4)21(30)28(22(31)27-24)13-20(29)26-17-11-16(25)18(32-5)12-19(17)33-6/h7-12H,13H2,1-6H3,(H,26,29)(H,27,31). The highest BCUT2D eigenvalue weighted by Crippen LogP contribution is 2.36. The second-order valence-corrected chi connectivity index (χ2v) is 9.42. The first-order valence-corrected chi connectivity index (χ1v) is 10.7. The van der Waals surface area contributed by atoms with Gasteiger partial charge < -0.3 is 20.1 Å². The quantitative estimate of drug-likeness (QED) is 0.616. The first kappa shape index (κ1) is 24.4. The predicted molar refractivity (Wildman–Crippen MR) is 126 cm³/mol. The van der Waals surface area contributed by atoms with E-state index in [1.807, 2.05) is 24.3 Å². The average Bonchev–Trinajstić information content (AvgIpc) is 2.97. The van der Waals surface area contributed by atoms with Gasteiger partial charge >= 0.3 is 6.03 Å². The number of carbonyl (C=O) groups is 3. The van der Waals surface area contributed by atoms with Gasteiger partial charge in [0, 0.05) is 6.07 Å². The van der Waals surface area contributed by atoms with Gasteiger partial charge in [-0.3, -0.25) is 14.5 Å². The Bertz CT molecular complexity index is 1090. The summed E-state index contributed by atoms with van der Waals surface area (Å²) in [6, 6.07) is 9.90. The molecule has 0 aliphatic carbocycles. The number of anilines is 1. The molecule has 1 atom stereocenters. The van der Waals surface area contributed by atoms with Gasteiger partial charge in [-0.15, -0.1) is 0 Å². The van der Waals surface area contributed by atoms with Crippen molar-refractivity contribution in [1.82, 2.24) is 10.2 Å². The number of amides is 4. The van der Waals surface area contributed by atoms with Gasteiger partial charge in [0.1, 0.15) is 23.6 Å². The Kier molecular flexibility index (Phi) is 6.61. The van der Waals surface area contributed by atoms with Crippen molar-refractivity contribution in [3.8, 4) is 11.5 Å². The number of rotatable bonds is 6. The van der Waals surface area contributed by atoms with Crippen LogP contribution in [0.25, 0.3) is 0 Å². The highest BCUT2D eigenvalue weighted by Gasteiger charge is 2.49. The summed E-state index contributed by atoms with van der Waals surface area (Å²) in [5.41, 5.74) is 0.725. The summed E-state index contributed by atoms with van der Waals surface area (Å²) in [6.07, 6.45) is 0. The minimum absolute atomic E-state index is 0.0437. The summed E-state index contributed by atoms with van der Waals surface area (Å²) in [6.45, 7) is 7.45. The van der Waals surface area contributed by atoms with E-state index < -0.39 is 29.9 Å². The van der Waals surface area contributed by atoms with Crippen molar-refractivity contribution in [2.75, 3.05) is 26.1 Å². The molecule has 0 radical (unpaired) electrons. The Morgan fingerprint density at radius 2 is 1.70 bits per heavy atom. The SMILES string of the molecule is COc1cc(OC)c(NC(=O)CN2C(=O)NC(C)(c3ccc(C(C)(C)C)cc3)C2=O)cc1Cl. The van der Waals surface area contributed by atoms with Crippen LogP contribution in [0, 0.1) is 0 Å². The van der Waals surface area contributed by atoms with Gasteiger partial charge in [0.2, 0.25) is 5.91 Å². The monoisotopic (exact) mass is 473 g/mol. The lowest BCUT2D eigenvalue weighted by molar-refractivity contribution is -0.133. The van der Waals surface area contributed by atoms with E-state index in [-0.39, 0.29) is 10.4 Å². The molecule has 176 valence electrons. The number of nitrogens with zero attached hydrogens (tertiary/aromatic N) is 1. The zero-order chi connectivity index (χ0) is 24.6. The van der Waals surface area contributed by atoms with Crippen LogP contribution in [0.3, 0.4) is 0 Å². The molecule has 33 heavy (non-hydrogen) atoms. The Labute approximate surface area is 198 Å². The molecule has 4 amide bonds. The van der Waals surface area contributed by atoms with Crippen molar-refractivity contribution in [3.63, 3.8) is 0 Å². The fourth-order valence-corrected chi connectivity index (χ4v) is 3.87. The summed E-state index contributed by atoms with van der Waals surface area (Å²) in [5.74, 6) is -0.379. The van der Waals surface area contributed by atoms with E-state index in [1.54, 1.807) is 6.92 Å². The summed E-state index contributed by atoms with van der Waals surface area (Å²) >= 11 is 6.14. The van der Waals surface area contributed by atoms with Crippen molar-refractivity contribution < 1.29 is 23.9 Å². The Morgan fingerprint density at radius 3 is 2.24 bits per heavy atom. The normalized spacial score (nSPS) is 18.2. The molecule has 2 aromatic rings. The molecule has 0 spiro atoms. The second kappa shape index (κ2) is 8.94. The molecule has 9 heteroatoms. The Balaban J connectivity index is 1.77. The van der Waals surface area contributed by atoms with Crippen LogP contribution in [0.15, 0.2) is 36.4 Å². The zero-order valence-corrected chi connectivity index (χ0v) is 20.3. The molecular formula is C24H28ClN3O5. The number of benzene rings is 2. The Morgan fingerprint density at radius 1 is 1.09 bits per heavy atom. The summed E-state index contributed by atoms with van der Waals surface area (Å²) in [5, 5.41) is 5.62. The van der Waals surface area contributed by atoms with Crippen LogP contribution in [0.4, 0.5) is 10.5 Å². The molecule has 8 nitrogen and oxygen atoms in total. The molecule has 3 rings (SSSR count). The molecule has 1 fully saturated rings. The van der Waals surface area contributed by atoms with Crippen LogP contribution in [0.1, 0.15) is 38.8 Å². The van der Waals surface area contributed by atoms with E-state index in [4.69, 9.17) is 21.1 Å². The molecule has 1 aliphatic rings. The highest BCUT2D eigenvalue weighted by molar-refractivity contribution is 6.32. The van der Waals surface area contributed by atoms with E-state index >= 15 is 0 Å². The molecule has 2 N–H and O–H groups in total. The van der Waals surface area contributed by atoms with Crippen LogP contribution in [0.2, 0.25) is 5.02 Å². The van der Waals surface area contributed by atoms with Crippen LogP contribution >= 0.6 is 11.6 Å². The third-order valence-corrected chi connectivity index (χ3v) is 5.95. The van der Waals surface area contributed by atoms with Crippen LogP contribution < -0.4 is 20.1 Å². The van der Waals surface area contributed by atoms with Gasteiger partial charge in [-0.25, -0.2) is 4.79 Å². The van der Waals surface area contributed by atoms with Crippen molar-refractivity contribution >= 4 is 35.1 Å². The van der Waals surface area contributed by atoms with E-state index in [0.717, 1.165) is 10.5 Å². The lowest BCUT2D eigenvalue weighted by atomic mass is 9.84. The molecule has 1 aliphatic heterocycles. The molecule has 1 heterocycles. The number of ether oxygens (including phenoxy) is 2. The summed E-state index contributed by atoms with van der Waals surface area (Å²) in [7, 11) is 2.90. The first-order valence-electron chi connectivity index (χ1n) is 10.4. The zero-order valence-electron chi connectivity index (χ0n) is 19.5. The fraction of sp³-hybridized carbons (Fsp3) is 0.375. The van der Waals surface area contributed by atoms with Crippen molar-refractivity contribution in [2.24, 2.45) is 0 Å². The number of methoxy groups -OCH3 is 2. The van der Waals surface area contributed by atoms with E-state index in [0.29, 0.717) is 22.7 Å². The van der Waals surface area contributed by atoms with Gasteiger partial charge in [-0.2, -0.15) is 0 Å². The largest absolute Gasteiger partial charge is 0.495 e. The minimum atomic E-state index is -1.27. The number of hydrogen-bond acceptors (Lipinski definition) is 5. The van der Waals surface area contributed by atoms with Gasteiger partial charge in [0.25, 0.3) is 5.91 Å². The lowest BCUT2D eigenvalue weighted by Crippen LogP contribution is -2.42. The van der Waals surface area contributed by atoms with Crippen molar-refractivity contribution in [3.05, 3.63) is 52.5 Å². The summed E-state index contributed by atoms with van der Waals surface area (Å²) in [4.78, 5) is 39.3.